The minimum Gasteiger partial charge on any atom is -0.418 e. The third kappa shape index (κ3) is 4.68. The van der Waals surface area contributed by atoms with Crippen molar-refractivity contribution in [3.63, 3.8) is 0 Å². The Balaban J connectivity index is 1.54. The van der Waals surface area contributed by atoms with Crippen molar-refractivity contribution in [3.05, 3.63) is 94.7 Å². The Kier molecular flexibility index (Phi) is 6.42. The summed E-state index contributed by atoms with van der Waals surface area (Å²) >= 11 is 0. The number of H-pyrrole nitrogens is 1. The SMILES string of the molecule is Cc1cnc2[nH]cc(C(=O)c3c(F)c(N)cc(OC(=O)c4cc(S(C)(=O)=O)n(-c5ccc(F)cc5)n4)c3F)c2c1. The predicted octanol–water partition coefficient (Wildman–Crippen LogP) is 3.91. The number of ketones is 1. The van der Waals surface area contributed by atoms with E-state index in [0.29, 0.717) is 22.7 Å². The molecular weight excluding hydrogens is 551 g/mol. The molecule has 0 radical (unpaired) electrons. The van der Waals surface area contributed by atoms with Gasteiger partial charge in [-0.3, -0.25) is 4.79 Å². The second-order valence-corrected chi connectivity index (χ2v) is 10.8. The van der Waals surface area contributed by atoms with Crippen LogP contribution in [-0.4, -0.2) is 46.2 Å². The fourth-order valence-corrected chi connectivity index (χ4v) is 4.77. The number of pyridine rings is 1. The first-order chi connectivity index (χ1) is 18.8. The molecule has 2 aromatic carbocycles. The van der Waals surface area contributed by atoms with Crippen molar-refractivity contribution in [2.45, 2.75) is 11.9 Å². The van der Waals surface area contributed by atoms with Gasteiger partial charge in [-0.05, 0) is 42.8 Å². The summed E-state index contributed by atoms with van der Waals surface area (Å²) in [5.74, 6) is -6.78. The maximum atomic E-state index is 15.5. The standard InChI is InChI=1S/C26H18F3N5O5S/c1-12-7-15-16(11-32-25(15)31-10-12)24(35)21-22(28)17(30)8-19(23(21)29)39-26(36)18-9-20(40(2,37)38)34(33-18)14-5-3-13(27)4-6-14/h3-11H,30H2,1-2H3,(H,31,32). The Labute approximate surface area is 224 Å². The van der Waals surface area contributed by atoms with E-state index in [0.717, 1.165) is 29.1 Å². The number of ether oxygens (including phenoxy) is 1. The lowest BCUT2D eigenvalue weighted by atomic mass is 10.0. The largest absolute Gasteiger partial charge is 0.418 e. The minimum absolute atomic E-state index is 0.0947. The number of benzene rings is 2. The number of halogens is 3. The molecule has 0 aliphatic carbocycles. The Hall–Kier alpha value is -4.98. The van der Waals surface area contributed by atoms with Gasteiger partial charge in [0.25, 0.3) is 0 Å². The van der Waals surface area contributed by atoms with Gasteiger partial charge < -0.3 is 15.5 Å². The Morgan fingerprint density at radius 1 is 1.05 bits per heavy atom. The summed E-state index contributed by atoms with van der Waals surface area (Å²) in [6.07, 6.45) is 3.64. The average molecular weight is 570 g/mol. The van der Waals surface area contributed by atoms with Crippen LogP contribution in [0.5, 0.6) is 5.75 Å². The number of sulfone groups is 1. The van der Waals surface area contributed by atoms with E-state index in [1.165, 1.54) is 18.3 Å². The summed E-state index contributed by atoms with van der Waals surface area (Å²) in [5, 5.41) is 3.79. The molecule has 5 rings (SSSR count). The number of carbonyl (C=O) groups is 2. The van der Waals surface area contributed by atoms with Gasteiger partial charge in [0.1, 0.15) is 17.0 Å². The van der Waals surface area contributed by atoms with Gasteiger partial charge in [0.2, 0.25) is 5.78 Å². The van der Waals surface area contributed by atoms with Crippen LogP contribution in [-0.2, 0) is 9.84 Å². The number of nitrogens with one attached hydrogen (secondary N) is 1. The van der Waals surface area contributed by atoms with Gasteiger partial charge >= 0.3 is 5.97 Å². The van der Waals surface area contributed by atoms with Gasteiger partial charge in [-0.15, -0.1) is 0 Å². The van der Waals surface area contributed by atoms with Gasteiger partial charge in [0, 0.05) is 41.7 Å². The number of carbonyl (C=O) groups excluding carboxylic acids is 2. The summed E-state index contributed by atoms with van der Waals surface area (Å²) in [6.45, 7) is 1.72. The normalized spacial score (nSPS) is 11.6. The molecule has 0 saturated heterocycles. The molecule has 0 bridgehead atoms. The van der Waals surface area contributed by atoms with Crippen LogP contribution < -0.4 is 10.5 Å². The van der Waals surface area contributed by atoms with Crippen LogP contribution in [0, 0.1) is 24.4 Å². The summed E-state index contributed by atoms with van der Waals surface area (Å²) in [5.41, 5.74) is 4.36. The van der Waals surface area contributed by atoms with E-state index in [1.807, 2.05) is 0 Å². The Morgan fingerprint density at radius 3 is 2.42 bits per heavy atom. The number of hydrogen-bond donors (Lipinski definition) is 2. The van der Waals surface area contributed by atoms with E-state index in [1.54, 1.807) is 19.2 Å². The smallest absolute Gasteiger partial charge is 0.364 e. The maximum Gasteiger partial charge on any atom is 0.364 e. The van der Waals surface area contributed by atoms with Crippen LogP contribution in [0.1, 0.15) is 32.0 Å². The first-order valence-corrected chi connectivity index (χ1v) is 13.3. The molecule has 0 atom stereocenters. The lowest BCUT2D eigenvalue weighted by molar-refractivity contribution is 0.0719. The number of rotatable bonds is 6. The number of aryl methyl sites for hydroxylation is 1. The van der Waals surface area contributed by atoms with Crippen molar-refractivity contribution in [3.8, 4) is 11.4 Å². The molecule has 5 aromatic rings. The van der Waals surface area contributed by atoms with Crippen LogP contribution in [0.15, 0.2) is 59.9 Å². The van der Waals surface area contributed by atoms with E-state index >= 15 is 4.39 Å². The van der Waals surface area contributed by atoms with Crippen LogP contribution in [0.3, 0.4) is 0 Å². The molecule has 0 spiro atoms. The second kappa shape index (κ2) is 9.64. The molecule has 0 amide bonds. The molecule has 40 heavy (non-hydrogen) atoms. The van der Waals surface area contributed by atoms with Crippen molar-refractivity contribution in [2.75, 3.05) is 12.0 Å². The highest BCUT2D eigenvalue weighted by molar-refractivity contribution is 7.90. The van der Waals surface area contributed by atoms with E-state index in [9.17, 15) is 26.8 Å². The van der Waals surface area contributed by atoms with Gasteiger partial charge in [-0.25, -0.2) is 36.0 Å². The van der Waals surface area contributed by atoms with Crippen molar-refractivity contribution < 1.29 is 35.9 Å². The van der Waals surface area contributed by atoms with E-state index in [2.05, 4.69) is 15.1 Å². The van der Waals surface area contributed by atoms with E-state index in [-0.39, 0.29) is 11.3 Å². The maximum absolute atomic E-state index is 15.5. The second-order valence-electron chi connectivity index (χ2n) is 8.82. The monoisotopic (exact) mass is 569 g/mol. The molecule has 3 N–H and O–H groups in total. The number of nitrogens with two attached hydrogens (primary N) is 1. The van der Waals surface area contributed by atoms with E-state index < -0.39 is 66.8 Å². The molecule has 0 aliphatic heterocycles. The molecule has 0 fully saturated rings. The first-order valence-electron chi connectivity index (χ1n) is 11.4. The van der Waals surface area contributed by atoms with Crippen molar-refractivity contribution >= 4 is 38.3 Å². The first kappa shape index (κ1) is 26.6. The molecule has 14 heteroatoms. The lowest BCUT2D eigenvalue weighted by Crippen LogP contribution is -2.15. The predicted molar refractivity (Wildman–Crippen MR) is 137 cm³/mol. The summed E-state index contributed by atoms with van der Waals surface area (Å²) < 4.78 is 74.4. The van der Waals surface area contributed by atoms with Crippen LogP contribution in [0.4, 0.5) is 18.9 Å². The summed E-state index contributed by atoms with van der Waals surface area (Å²) in [7, 11) is -3.96. The number of fused-ring (bicyclic) bond motifs is 1. The van der Waals surface area contributed by atoms with Crippen molar-refractivity contribution in [2.24, 2.45) is 0 Å². The van der Waals surface area contributed by atoms with Crippen molar-refractivity contribution in [1.82, 2.24) is 19.7 Å². The topological polar surface area (TPSA) is 150 Å². The van der Waals surface area contributed by atoms with Gasteiger partial charge in [-0.1, -0.05) is 0 Å². The highest BCUT2D eigenvalue weighted by Gasteiger charge is 2.29. The Bertz CT molecular complexity index is 1950. The van der Waals surface area contributed by atoms with Crippen LogP contribution in [0.2, 0.25) is 0 Å². The Morgan fingerprint density at radius 2 is 1.75 bits per heavy atom. The van der Waals surface area contributed by atoms with Gasteiger partial charge in [0.15, 0.2) is 37.9 Å². The van der Waals surface area contributed by atoms with Crippen LogP contribution in [0.25, 0.3) is 16.7 Å². The zero-order valence-corrected chi connectivity index (χ0v) is 21.5. The number of aromatic amines is 1. The zero-order valence-electron chi connectivity index (χ0n) is 20.7. The molecule has 3 heterocycles. The zero-order chi connectivity index (χ0) is 28.9. The molecule has 0 saturated carbocycles. The van der Waals surface area contributed by atoms with E-state index in [4.69, 9.17) is 10.5 Å². The van der Waals surface area contributed by atoms with Gasteiger partial charge in [-0.2, -0.15) is 5.10 Å². The lowest BCUT2D eigenvalue weighted by Gasteiger charge is -2.11. The summed E-state index contributed by atoms with van der Waals surface area (Å²) in [6, 6.07) is 7.72. The molecule has 0 unspecified atom stereocenters. The third-order valence-corrected chi connectivity index (χ3v) is 6.93. The number of aromatic nitrogens is 4. The number of anilines is 1. The minimum atomic E-state index is -3.96. The number of nitrogens with zero attached hydrogens (tertiary/aromatic N) is 3. The van der Waals surface area contributed by atoms with Crippen LogP contribution >= 0.6 is 0 Å². The molecule has 0 aliphatic rings. The highest BCUT2D eigenvalue weighted by Crippen LogP contribution is 2.32. The molecule has 10 nitrogen and oxygen atoms in total. The third-order valence-electron chi connectivity index (χ3n) is 5.87. The quantitative estimate of drug-likeness (QED) is 0.135. The fraction of sp³-hybridized carbons (Fsp3) is 0.0769. The van der Waals surface area contributed by atoms with Crippen molar-refractivity contribution in [1.29, 1.82) is 0 Å². The molecule has 3 aromatic heterocycles. The molecule has 204 valence electrons. The number of esters is 1. The average Bonchev–Trinajstić information content (AvgIpc) is 3.53. The summed E-state index contributed by atoms with van der Waals surface area (Å²) in [4.78, 5) is 33.0. The highest BCUT2D eigenvalue weighted by atomic mass is 32.2. The van der Waals surface area contributed by atoms with Gasteiger partial charge in [0.05, 0.1) is 11.4 Å². The molecular formula is C26H18F3N5O5S. The fourth-order valence-electron chi connectivity index (χ4n) is 3.98. The number of nitrogen functional groups attached to an aromatic ring is 1. The number of hydrogen-bond acceptors (Lipinski definition) is 8.